The molecule has 0 aliphatic rings. The van der Waals surface area contributed by atoms with E-state index in [1.807, 2.05) is 61.5 Å². The van der Waals surface area contributed by atoms with Crippen LogP contribution < -0.4 is 14.4 Å². The van der Waals surface area contributed by atoms with E-state index in [4.69, 9.17) is 21.1 Å². The molecule has 0 aliphatic carbocycles. The Morgan fingerprint density at radius 2 is 1.72 bits per heavy atom. The van der Waals surface area contributed by atoms with Crippen LogP contribution in [0.15, 0.2) is 42.5 Å². The number of amides is 1. The maximum atomic E-state index is 12.7. The molecule has 0 N–H and O–H groups in total. The average Bonchev–Trinajstić information content (AvgIpc) is 3.27. The Morgan fingerprint density at radius 1 is 1.03 bits per heavy atom. The molecule has 0 atom stereocenters. The van der Waals surface area contributed by atoms with Gasteiger partial charge in [-0.15, -0.1) is 0 Å². The van der Waals surface area contributed by atoms with Crippen LogP contribution in [0.1, 0.15) is 17.0 Å². The number of ether oxygens (including phenoxy) is 2. The minimum atomic E-state index is 0.0161. The summed E-state index contributed by atoms with van der Waals surface area (Å²) in [5, 5.41) is 1.42. The summed E-state index contributed by atoms with van der Waals surface area (Å²) in [6.45, 7) is 0.831. The fraction of sp³-hybridized carbons (Fsp3) is 0.348. The van der Waals surface area contributed by atoms with Crippen molar-refractivity contribution in [2.24, 2.45) is 0 Å². The van der Waals surface area contributed by atoms with Gasteiger partial charge in [-0.1, -0.05) is 29.8 Å². The van der Waals surface area contributed by atoms with Gasteiger partial charge in [0.15, 0.2) is 11.5 Å². The molecular formula is C23H27ClN4O3S. The van der Waals surface area contributed by atoms with Crippen molar-refractivity contribution in [2.75, 3.05) is 46.3 Å². The van der Waals surface area contributed by atoms with Crippen LogP contribution in [0.2, 0.25) is 5.02 Å². The summed E-state index contributed by atoms with van der Waals surface area (Å²) in [6, 6.07) is 13.4. The summed E-state index contributed by atoms with van der Waals surface area (Å²) in [7, 11) is 6.89. The van der Waals surface area contributed by atoms with E-state index in [0.717, 1.165) is 28.5 Å². The summed E-state index contributed by atoms with van der Waals surface area (Å²) < 4.78 is 15.0. The number of carbonyl (C=O) groups excluding carboxylic acids is 1. The first-order chi connectivity index (χ1) is 15.4. The lowest BCUT2D eigenvalue weighted by Gasteiger charge is -2.21. The maximum Gasteiger partial charge on any atom is 0.241 e. The number of methoxy groups -OCH3 is 2. The fourth-order valence-electron chi connectivity index (χ4n) is 3.11. The van der Waals surface area contributed by atoms with Crippen molar-refractivity contribution in [1.82, 2.24) is 14.3 Å². The van der Waals surface area contributed by atoms with E-state index in [9.17, 15) is 4.79 Å². The number of carbonyl (C=O) groups is 1. The molecule has 3 aromatic rings. The summed E-state index contributed by atoms with van der Waals surface area (Å²) in [5.41, 5.74) is 2.17. The molecular weight excluding hydrogens is 448 g/mol. The van der Waals surface area contributed by atoms with Gasteiger partial charge in [0.2, 0.25) is 11.0 Å². The van der Waals surface area contributed by atoms with E-state index in [1.165, 1.54) is 11.5 Å². The molecule has 170 valence electrons. The largest absolute Gasteiger partial charge is 0.493 e. The third-order valence-electron chi connectivity index (χ3n) is 5.04. The van der Waals surface area contributed by atoms with Crippen LogP contribution in [0, 0.1) is 0 Å². The molecule has 1 aromatic heterocycles. The zero-order valence-corrected chi connectivity index (χ0v) is 20.2. The summed E-state index contributed by atoms with van der Waals surface area (Å²) in [6.07, 6.45) is 1.34. The molecule has 1 amide bonds. The molecule has 2 aromatic carbocycles. The second-order valence-corrected chi connectivity index (χ2v) is 8.57. The van der Waals surface area contributed by atoms with Gasteiger partial charge in [0.1, 0.15) is 5.82 Å². The predicted molar refractivity (Wildman–Crippen MR) is 128 cm³/mol. The zero-order valence-electron chi connectivity index (χ0n) is 18.7. The highest BCUT2D eigenvalue weighted by Gasteiger charge is 2.16. The Balaban J connectivity index is 1.51. The van der Waals surface area contributed by atoms with E-state index in [0.29, 0.717) is 29.5 Å². The van der Waals surface area contributed by atoms with Gasteiger partial charge in [0.05, 0.1) is 20.8 Å². The second-order valence-electron chi connectivity index (χ2n) is 7.41. The molecule has 1 heterocycles. The maximum absolute atomic E-state index is 12.7. The number of halogens is 1. The van der Waals surface area contributed by atoms with E-state index < -0.39 is 0 Å². The van der Waals surface area contributed by atoms with E-state index in [-0.39, 0.29) is 12.5 Å². The van der Waals surface area contributed by atoms with Crippen LogP contribution in [0.3, 0.4) is 0 Å². The number of rotatable bonds is 10. The van der Waals surface area contributed by atoms with Crippen molar-refractivity contribution in [3.63, 3.8) is 0 Å². The van der Waals surface area contributed by atoms with E-state index in [2.05, 4.69) is 9.36 Å². The van der Waals surface area contributed by atoms with Crippen LogP contribution in [-0.4, -0.2) is 61.6 Å². The first kappa shape index (κ1) is 23.8. The van der Waals surface area contributed by atoms with Crippen molar-refractivity contribution in [3.8, 4) is 11.5 Å². The first-order valence-electron chi connectivity index (χ1n) is 10.1. The van der Waals surface area contributed by atoms with Crippen molar-refractivity contribution >= 4 is 34.2 Å². The number of benzene rings is 2. The van der Waals surface area contributed by atoms with Crippen LogP contribution in [0.4, 0.5) is 5.13 Å². The van der Waals surface area contributed by atoms with Crippen LogP contribution in [-0.2, 0) is 17.6 Å². The van der Waals surface area contributed by atoms with Crippen LogP contribution in [0.5, 0.6) is 11.5 Å². The predicted octanol–water partition coefficient (Wildman–Crippen LogP) is 3.94. The van der Waals surface area contributed by atoms with Crippen LogP contribution in [0.25, 0.3) is 0 Å². The van der Waals surface area contributed by atoms with Crippen LogP contribution >= 0.6 is 23.1 Å². The zero-order chi connectivity index (χ0) is 23.1. The summed E-state index contributed by atoms with van der Waals surface area (Å²) in [5.74, 6) is 2.12. The van der Waals surface area contributed by atoms with Gasteiger partial charge in [-0.05, 0) is 41.8 Å². The standard InChI is InChI=1S/C23H27ClN4O3S/c1-27(12-11-17-7-10-19(30-3)20(13-17)31-4)22(29)15-28(2)23-25-21(26-32-23)14-16-5-8-18(24)9-6-16/h5-10,13H,11-12,14-15H2,1-4H3. The lowest BCUT2D eigenvalue weighted by atomic mass is 10.1. The second kappa shape index (κ2) is 11.2. The highest BCUT2D eigenvalue weighted by atomic mass is 35.5. The lowest BCUT2D eigenvalue weighted by Crippen LogP contribution is -2.37. The van der Waals surface area contributed by atoms with Gasteiger partial charge in [-0.2, -0.15) is 4.37 Å². The Labute approximate surface area is 197 Å². The third-order valence-corrected chi connectivity index (χ3v) is 6.16. The van der Waals surface area contributed by atoms with E-state index >= 15 is 0 Å². The number of anilines is 1. The Bertz CT molecular complexity index is 1040. The molecule has 9 heteroatoms. The van der Waals surface area contributed by atoms with Gasteiger partial charge in [0, 0.05) is 43.6 Å². The van der Waals surface area contributed by atoms with Crippen molar-refractivity contribution in [1.29, 1.82) is 0 Å². The topological polar surface area (TPSA) is 67.8 Å². The molecule has 7 nitrogen and oxygen atoms in total. The Morgan fingerprint density at radius 3 is 2.41 bits per heavy atom. The van der Waals surface area contributed by atoms with Gasteiger partial charge in [-0.3, -0.25) is 4.79 Å². The number of likely N-dealkylation sites (N-methyl/N-ethyl adjacent to an activating group) is 2. The highest BCUT2D eigenvalue weighted by molar-refractivity contribution is 7.09. The summed E-state index contributed by atoms with van der Waals surface area (Å²) >= 11 is 7.23. The highest BCUT2D eigenvalue weighted by Crippen LogP contribution is 2.27. The number of nitrogens with zero attached hydrogens (tertiary/aromatic N) is 4. The molecule has 3 rings (SSSR count). The minimum Gasteiger partial charge on any atom is -0.493 e. The quantitative estimate of drug-likeness (QED) is 0.443. The molecule has 0 saturated heterocycles. The average molecular weight is 475 g/mol. The summed E-state index contributed by atoms with van der Waals surface area (Å²) in [4.78, 5) is 20.8. The van der Waals surface area contributed by atoms with Gasteiger partial charge in [0.25, 0.3) is 0 Å². The first-order valence-corrected chi connectivity index (χ1v) is 11.3. The molecule has 32 heavy (non-hydrogen) atoms. The minimum absolute atomic E-state index is 0.0161. The van der Waals surface area contributed by atoms with Gasteiger partial charge >= 0.3 is 0 Å². The number of aromatic nitrogens is 2. The normalized spacial score (nSPS) is 10.7. The number of hydrogen-bond donors (Lipinski definition) is 0. The lowest BCUT2D eigenvalue weighted by molar-refractivity contribution is -0.128. The molecule has 0 unspecified atom stereocenters. The van der Waals surface area contributed by atoms with Gasteiger partial charge < -0.3 is 19.3 Å². The Kier molecular flexibility index (Phi) is 8.30. The smallest absolute Gasteiger partial charge is 0.241 e. The number of hydrogen-bond acceptors (Lipinski definition) is 7. The SMILES string of the molecule is COc1ccc(CCN(C)C(=O)CN(C)c2nc(Cc3ccc(Cl)cc3)ns2)cc1OC. The Hall–Kier alpha value is -2.84. The molecule has 0 spiro atoms. The van der Waals surface area contributed by atoms with Gasteiger partial charge in [-0.25, -0.2) is 4.98 Å². The molecule has 0 fully saturated rings. The molecule has 0 saturated carbocycles. The fourth-order valence-corrected chi connectivity index (χ4v) is 3.87. The monoisotopic (exact) mass is 474 g/mol. The molecule has 0 aliphatic heterocycles. The van der Waals surface area contributed by atoms with E-state index in [1.54, 1.807) is 19.1 Å². The third kappa shape index (κ3) is 6.34. The molecule has 0 radical (unpaired) electrons. The molecule has 0 bridgehead atoms. The van der Waals surface area contributed by atoms with Crippen molar-refractivity contribution < 1.29 is 14.3 Å². The van der Waals surface area contributed by atoms with Crippen molar-refractivity contribution in [2.45, 2.75) is 12.8 Å². The van der Waals surface area contributed by atoms with Crippen molar-refractivity contribution in [3.05, 3.63) is 64.4 Å².